The molecule has 0 saturated carbocycles. The number of benzene rings is 2. The number of amides is 1. The van der Waals surface area contributed by atoms with Crippen molar-refractivity contribution in [2.24, 2.45) is 0 Å². The first-order valence-electron chi connectivity index (χ1n) is 11.0. The van der Waals surface area contributed by atoms with Crippen LogP contribution in [0.25, 0.3) is 0 Å². The molecule has 0 unspecified atom stereocenters. The van der Waals surface area contributed by atoms with Gasteiger partial charge in [0, 0.05) is 33.3 Å². The van der Waals surface area contributed by atoms with Gasteiger partial charge in [-0.3, -0.25) is 9.69 Å². The Morgan fingerprint density at radius 1 is 1.10 bits per heavy atom. The minimum Gasteiger partial charge on any atom is -0.370 e. The number of piperidine rings is 1. The van der Waals surface area contributed by atoms with Crippen LogP contribution in [0.5, 0.6) is 0 Å². The Morgan fingerprint density at radius 2 is 1.77 bits per heavy atom. The third kappa shape index (κ3) is 5.09. The van der Waals surface area contributed by atoms with E-state index in [4.69, 9.17) is 9.47 Å². The average Bonchev–Trinajstić information content (AvgIpc) is 3.19. The number of rotatable bonds is 7. The van der Waals surface area contributed by atoms with E-state index in [0.29, 0.717) is 6.54 Å². The first-order valence-corrected chi connectivity index (χ1v) is 11.0. The van der Waals surface area contributed by atoms with Crippen molar-refractivity contribution < 1.29 is 14.3 Å². The fourth-order valence-electron chi connectivity index (χ4n) is 4.70. The van der Waals surface area contributed by atoms with Crippen LogP contribution in [-0.2, 0) is 20.8 Å². The Kier molecular flexibility index (Phi) is 6.82. The Hall–Kier alpha value is -2.21. The van der Waals surface area contributed by atoms with Gasteiger partial charge in [-0.15, -0.1) is 0 Å². The van der Waals surface area contributed by atoms with Gasteiger partial charge in [-0.05, 0) is 36.8 Å². The molecular formula is C25H32N2O3. The van der Waals surface area contributed by atoms with Crippen LogP contribution in [0.4, 0.5) is 0 Å². The molecule has 1 amide bonds. The molecule has 2 heterocycles. The fourth-order valence-corrected chi connectivity index (χ4v) is 4.70. The van der Waals surface area contributed by atoms with Crippen molar-refractivity contribution >= 4 is 5.91 Å². The maximum absolute atomic E-state index is 12.6. The molecule has 5 nitrogen and oxygen atoms in total. The van der Waals surface area contributed by atoms with Crippen LogP contribution in [0.3, 0.4) is 0 Å². The van der Waals surface area contributed by atoms with Gasteiger partial charge in [0.25, 0.3) is 5.91 Å². The van der Waals surface area contributed by atoms with E-state index in [0.717, 1.165) is 50.9 Å². The second-order valence-corrected chi connectivity index (χ2v) is 8.49. The number of hydrogen-bond donors (Lipinski definition) is 1. The standard InChI is InChI=1S/C25H32N2O3/c1-29-23(21-10-6-3-7-11-21)24(28)26-18-22-12-13-25(30-22)14-16-27(17-15-25)19-20-8-4-2-5-9-20/h2-11,22-23H,12-19H2,1H3,(H,26,28)/t22-,23-/m1/s1. The van der Waals surface area contributed by atoms with Crippen molar-refractivity contribution in [3.05, 3.63) is 71.8 Å². The monoisotopic (exact) mass is 408 g/mol. The Balaban J connectivity index is 1.23. The molecule has 2 aromatic rings. The van der Waals surface area contributed by atoms with Gasteiger partial charge in [0.05, 0.1) is 11.7 Å². The third-order valence-electron chi connectivity index (χ3n) is 6.44. The molecule has 0 aliphatic carbocycles. The number of likely N-dealkylation sites (tertiary alicyclic amines) is 1. The molecule has 0 aromatic heterocycles. The van der Waals surface area contributed by atoms with Crippen molar-refractivity contribution in [3.63, 3.8) is 0 Å². The van der Waals surface area contributed by atoms with E-state index >= 15 is 0 Å². The number of carbonyl (C=O) groups excluding carboxylic acids is 1. The number of nitrogens with one attached hydrogen (secondary N) is 1. The normalized spacial score (nSPS) is 22.1. The van der Waals surface area contributed by atoms with Crippen molar-refractivity contribution in [1.29, 1.82) is 0 Å². The largest absolute Gasteiger partial charge is 0.370 e. The minimum absolute atomic E-state index is 0.0112. The molecule has 0 bridgehead atoms. The number of ether oxygens (including phenoxy) is 2. The number of nitrogens with zero attached hydrogens (tertiary/aromatic N) is 1. The fraction of sp³-hybridized carbons (Fsp3) is 0.480. The van der Waals surface area contributed by atoms with E-state index in [2.05, 4.69) is 40.5 Å². The first-order chi connectivity index (χ1) is 14.7. The van der Waals surface area contributed by atoms with E-state index in [1.165, 1.54) is 5.56 Å². The zero-order valence-corrected chi connectivity index (χ0v) is 17.8. The van der Waals surface area contributed by atoms with Gasteiger partial charge in [-0.25, -0.2) is 0 Å². The van der Waals surface area contributed by atoms with Crippen LogP contribution in [0.1, 0.15) is 42.9 Å². The summed E-state index contributed by atoms with van der Waals surface area (Å²) in [5.41, 5.74) is 2.22. The Labute approximate surface area is 179 Å². The minimum atomic E-state index is -0.581. The molecule has 160 valence electrons. The van der Waals surface area contributed by atoms with Crippen molar-refractivity contribution in [2.75, 3.05) is 26.7 Å². The molecular weight excluding hydrogens is 376 g/mol. The highest BCUT2D eigenvalue weighted by Gasteiger charge is 2.42. The van der Waals surface area contributed by atoms with Crippen molar-refractivity contribution in [2.45, 2.75) is 50.0 Å². The van der Waals surface area contributed by atoms with Crippen LogP contribution in [0, 0.1) is 0 Å². The second kappa shape index (κ2) is 9.73. The smallest absolute Gasteiger partial charge is 0.253 e. The van der Waals surface area contributed by atoms with Crippen LogP contribution >= 0.6 is 0 Å². The van der Waals surface area contributed by atoms with Crippen molar-refractivity contribution in [3.8, 4) is 0 Å². The molecule has 2 aromatic carbocycles. The average molecular weight is 409 g/mol. The van der Waals surface area contributed by atoms with Crippen LogP contribution in [0.2, 0.25) is 0 Å². The molecule has 2 fully saturated rings. The highest BCUT2D eigenvalue weighted by Crippen LogP contribution is 2.39. The van der Waals surface area contributed by atoms with Gasteiger partial charge in [-0.1, -0.05) is 60.7 Å². The molecule has 0 radical (unpaired) electrons. The zero-order valence-electron chi connectivity index (χ0n) is 17.8. The number of methoxy groups -OCH3 is 1. The summed E-state index contributed by atoms with van der Waals surface area (Å²) in [6, 6.07) is 20.3. The van der Waals surface area contributed by atoms with E-state index in [1.54, 1.807) is 7.11 Å². The maximum atomic E-state index is 12.6. The predicted octanol–water partition coefficient (Wildman–Crippen LogP) is 3.70. The van der Waals surface area contributed by atoms with E-state index in [-0.39, 0.29) is 17.6 Å². The number of carbonyl (C=O) groups is 1. The van der Waals surface area contributed by atoms with Crippen molar-refractivity contribution in [1.82, 2.24) is 10.2 Å². The summed E-state index contributed by atoms with van der Waals surface area (Å²) in [5.74, 6) is -0.106. The van der Waals surface area contributed by atoms with Gasteiger partial charge in [0.15, 0.2) is 6.10 Å². The first kappa shape index (κ1) is 21.0. The molecule has 1 N–H and O–H groups in total. The van der Waals surface area contributed by atoms with Crippen LogP contribution in [-0.4, -0.2) is 49.3 Å². The Bertz CT molecular complexity index is 804. The topological polar surface area (TPSA) is 50.8 Å². The highest BCUT2D eigenvalue weighted by atomic mass is 16.5. The SMILES string of the molecule is CO[C@@H](C(=O)NC[C@H]1CCC2(CCN(Cc3ccccc3)CC2)O1)c1ccccc1. The van der Waals surface area contributed by atoms with Gasteiger partial charge in [0.2, 0.25) is 0 Å². The maximum Gasteiger partial charge on any atom is 0.253 e. The lowest BCUT2D eigenvalue weighted by Crippen LogP contribution is -2.45. The van der Waals surface area contributed by atoms with Gasteiger partial charge < -0.3 is 14.8 Å². The summed E-state index contributed by atoms with van der Waals surface area (Å²) in [5, 5.41) is 3.04. The Morgan fingerprint density at radius 3 is 2.43 bits per heavy atom. The summed E-state index contributed by atoms with van der Waals surface area (Å²) < 4.78 is 11.9. The molecule has 2 atom stereocenters. The van der Waals surface area contributed by atoms with Gasteiger partial charge >= 0.3 is 0 Å². The quantitative estimate of drug-likeness (QED) is 0.759. The lowest BCUT2D eigenvalue weighted by molar-refractivity contribution is -0.133. The summed E-state index contributed by atoms with van der Waals surface area (Å²) >= 11 is 0. The second-order valence-electron chi connectivity index (χ2n) is 8.49. The van der Waals surface area contributed by atoms with Crippen LogP contribution in [0.15, 0.2) is 60.7 Å². The van der Waals surface area contributed by atoms with Crippen LogP contribution < -0.4 is 5.32 Å². The molecule has 30 heavy (non-hydrogen) atoms. The van der Waals surface area contributed by atoms with E-state index < -0.39 is 6.10 Å². The molecule has 2 saturated heterocycles. The summed E-state index contributed by atoms with van der Waals surface area (Å²) in [4.78, 5) is 15.1. The van der Waals surface area contributed by atoms with Gasteiger partial charge in [-0.2, -0.15) is 0 Å². The lowest BCUT2D eigenvalue weighted by Gasteiger charge is -2.39. The summed E-state index contributed by atoms with van der Waals surface area (Å²) in [6.45, 7) is 3.68. The molecule has 2 aliphatic rings. The summed E-state index contributed by atoms with van der Waals surface area (Å²) in [7, 11) is 1.57. The molecule has 2 aliphatic heterocycles. The van der Waals surface area contributed by atoms with E-state index in [9.17, 15) is 4.79 Å². The lowest BCUT2D eigenvalue weighted by atomic mass is 9.88. The van der Waals surface area contributed by atoms with E-state index in [1.807, 2.05) is 30.3 Å². The number of hydrogen-bond acceptors (Lipinski definition) is 4. The highest BCUT2D eigenvalue weighted by molar-refractivity contribution is 5.82. The molecule has 4 rings (SSSR count). The zero-order chi connectivity index (χ0) is 20.8. The van der Waals surface area contributed by atoms with Gasteiger partial charge in [0.1, 0.15) is 0 Å². The molecule has 5 heteroatoms. The predicted molar refractivity (Wildman–Crippen MR) is 117 cm³/mol. The third-order valence-corrected chi connectivity index (χ3v) is 6.44. The summed E-state index contributed by atoms with van der Waals surface area (Å²) in [6.07, 6.45) is 3.72. The molecule has 1 spiro atoms.